The molecule has 0 aromatic carbocycles. The Morgan fingerprint density at radius 2 is 1.91 bits per heavy atom. The summed E-state index contributed by atoms with van der Waals surface area (Å²) in [7, 11) is -3.54. The van der Waals surface area contributed by atoms with Crippen molar-refractivity contribution >= 4 is 60.9 Å². The number of nitrogens with zero attached hydrogens (tertiary/aromatic N) is 7. The highest BCUT2D eigenvalue weighted by atomic mass is 32.5. The number of aromatic amines is 1. The third-order valence-electron chi connectivity index (χ3n) is 8.12. The number of aliphatic hydroxyl groups excluding tert-OH is 1. The zero-order chi connectivity index (χ0) is 33.3. The smallest absolute Gasteiger partial charge is 0.325 e. The van der Waals surface area contributed by atoms with Crippen LogP contribution in [0.5, 0.6) is 0 Å². The van der Waals surface area contributed by atoms with Crippen LogP contribution in [0.2, 0.25) is 0 Å². The first kappa shape index (κ1) is 32.5. The molecule has 0 aliphatic carbocycles. The third kappa shape index (κ3) is 5.55. The number of halogens is 1. The van der Waals surface area contributed by atoms with E-state index in [4.69, 9.17) is 51.1 Å². The second-order valence-corrected chi connectivity index (χ2v) is 14.6. The first-order chi connectivity index (χ1) is 22.4. The fourth-order valence-electron chi connectivity index (χ4n) is 5.98. The number of H-pyrrole nitrogens is 1. The number of aliphatic hydroxyl groups is 1. The molecule has 4 aromatic rings. The summed E-state index contributed by atoms with van der Waals surface area (Å²) in [6.07, 6.45) is -2.21. The van der Waals surface area contributed by atoms with Crippen molar-refractivity contribution in [3.05, 3.63) is 29.3 Å². The molecule has 3 fully saturated rings. The van der Waals surface area contributed by atoms with Gasteiger partial charge in [0.15, 0.2) is 35.1 Å². The van der Waals surface area contributed by atoms with Gasteiger partial charge in [0.2, 0.25) is 5.95 Å². The summed E-state index contributed by atoms with van der Waals surface area (Å²) in [5.74, 6) is -0.119. The zero-order valence-electron chi connectivity index (χ0n) is 23.8. The van der Waals surface area contributed by atoms with Gasteiger partial charge in [0, 0.05) is 6.42 Å². The van der Waals surface area contributed by atoms with Crippen LogP contribution < -0.4 is 17.0 Å². The van der Waals surface area contributed by atoms with Crippen molar-refractivity contribution in [2.45, 2.75) is 48.4 Å². The summed E-state index contributed by atoms with van der Waals surface area (Å²) in [6.45, 7) is -6.95. The van der Waals surface area contributed by atoms with E-state index >= 15 is 0 Å². The summed E-state index contributed by atoms with van der Waals surface area (Å²) >= 11 is 5.31. The normalized spacial score (nSPS) is 32.4. The SMILES string of the molecule is Nc1nc2c(ncn2[C@@H]2O[C@@](CO)(CF)C[C@H]2OP(O)(=S)OC[C@@]23CO[C@@H]([C@H](n4cnc5c(N)ncnc54)O2)[C@@H]3O[PH](=O)O)c(=O)[nH]1. The van der Waals surface area contributed by atoms with Crippen molar-refractivity contribution in [3.63, 3.8) is 0 Å². The van der Waals surface area contributed by atoms with Gasteiger partial charge in [-0.2, -0.15) is 4.98 Å². The highest BCUT2D eigenvalue weighted by molar-refractivity contribution is 8.07. The molecule has 0 saturated carbocycles. The molecule has 0 spiro atoms. The largest absolute Gasteiger partial charge is 0.393 e. The lowest BCUT2D eigenvalue weighted by atomic mass is 10.0. The number of nitrogens with one attached hydrogen (secondary N) is 1. The number of hydrogen-bond acceptors (Lipinski definition) is 17. The number of anilines is 2. The Kier molecular flexibility index (Phi) is 8.18. The Bertz CT molecular complexity index is 1980. The molecule has 3 saturated heterocycles. The molecular formula is C22H27FN10O11P2S. The Labute approximate surface area is 267 Å². The van der Waals surface area contributed by atoms with Gasteiger partial charge >= 0.3 is 15.0 Å². The topological polar surface area (TPSA) is 292 Å². The molecule has 0 radical (unpaired) electrons. The Morgan fingerprint density at radius 3 is 2.64 bits per heavy atom. The molecule has 7 rings (SSSR count). The standard InChI is InChI=1S/C22H27FN10O11P2S/c23-2-21(3-34)1-9(18(41-21)33-8-29-11-16(33)30-20(25)31-17(11)35)44-46(38,47)40-5-22-4-39-12(13(22)43-45(36)37)19(42-22)32-7-28-10-14(24)26-6-27-15(10)32/h6-9,12-13,18-19,34,45H,1-5H2,(H,36,37)(H,38,47)(H2,24,26,27)(H3,25,30,31,35)/t9-,12-,13+,18-,19-,21-,22-,46?/m1/s1. The third-order valence-corrected chi connectivity index (χ3v) is 10.1. The van der Waals surface area contributed by atoms with Crippen LogP contribution in [-0.4, -0.2) is 110 Å². The van der Waals surface area contributed by atoms with Gasteiger partial charge in [-0.25, -0.2) is 24.3 Å². The molecule has 0 amide bonds. The monoisotopic (exact) mass is 720 g/mol. The fraction of sp³-hybridized carbons (Fsp3) is 0.545. The van der Waals surface area contributed by atoms with E-state index in [1.807, 2.05) is 0 Å². The molecule has 4 aromatic heterocycles. The molecule has 3 aliphatic rings. The van der Waals surface area contributed by atoms with Crippen molar-refractivity contribution in [1.29, 1.82) is 0 Å². The number of nitrogen functional groups attached to an aromatic ring is 2. The van der Waals surface area contributed by atoms with E-state index in [0.717, 1.165) is 0 Å². The number of fused-ring (bicyclic) bond motifs is 4. The molecule has 9 atom stereocenters. The average Bonchev–Trinajstić information content (AvgIpc) is 3.84. The summed E-state index contributed by atoms with van der Waals surface area (Å²) in [6, 6.07) is 0. The minimum Gasteiger partial charge on any atom is -0.393 e. The number of rotatable bonds is 11. The number of alkyl halides is 1. The molecule has 47 heavy (non-hydrogen) atoms. The molecule has 25 heteroatoms. The molecule has 7 heterocycles. The van der Waals surface area contributed by atoms with Gasteiger partial charge in [0.05, 0.1) is 32.5 Å². The van der Waals surface area contributed by atoms with E-state index < -0.39 is 82.4 Å². The van der Waals surface area contributed by atoms with Crippen molar-refractivity contribution in [3.8, 4) is 0 Å². The van der Waals surface area contributed by atoms with Crippen LogP contribution in [0.25, 0.3) is 22.3 Å². The van der Waals surface area contributed by atoms with Crippen molar-refractivity contribution in [1.82, 2.24) is 39.0 Å². The molecule has 2 unspecified atom stereocenters. The van der Waals surface area contributed by atoms with E-state index in [-0.39, 0.29) is 41.5 Å². The number of imidazole rings is 2. The average molecular weight is 721 g/mol. The Morgan fingerprint density at radius 1 is 1.17 bits per heavy atom. The maximum Gasteiger partial charge on any atom is 0.325 e. The van der Waals surface area contributed by atoms with E-state index in [2.05, 4.69) is 29.9 Å². The molecule has 3 aliphatic heterocycles. The second-order valence-electron chi connectivity index (χ2n) is 11.1. The maximum atomic E-state index is 14.2. The summed E-state index contributed by atoms with van der Waals surface area (Å²) in [5, 5.41) is 10.00. The Hall–Kier alpha value is -3.05. The van der Waals surface area contributed by atoms with Crippen LogP contribution in [0, 0.1) is 0 Å². The van der Waals surface area contributed by atoms with Gasteiger partial charge in [-0.15, -0.1) is 0 Å². The minimum atomic E-state index is -4.29. The molecule has 2 bridgehead atoms. The zero-order valence-corrected chi connectivity index (χ0v) is 26.5. The van der Waals surface area contributed by atoms with Crippen LogP contribution in [0.15, 0.2) is 23.8 Å². The van der Waals surface area contributed by atoms with E-state index in [0.29, 0.717) is 5.65 Å². The van der Waals surface area contributed by atoms with Crippen LogP contribution in [0.4, 0.5) is 16.2 Å². The maximum absolute atomic E-state index is 14.2. The number of hydrogen-bond donors (Lipinski definition) is 6. The fourth-order valence-corrected chi connectivity index (χ4v) is 8.00. The van der Waals surface area contributed by atoms with Gasteiger partial charge in [0.25, 0.3) is 5.56 Å². The first-order valence-corrected chi connectivity index (χ1v) is 17.6. The predicted octanol–water partition coefficient (Wildman–Crippen LogP) is -1.20. The van der Waals surface area contributed by atoms with Gasteiger partial charge in [-0.05, 0) is 11.8 Å². The van der Waals surface area contributed by atoms with Crippen molar-refractivity contribution in [2.24, 2.45) is 0 Å². The lowest BCUT2D eigenvalue weighted by Gasteiger charge is -2.32. The van der Waals surface area contributed by atoms with Crippen LogP contribution in [0.1, 0.15) is 18.9 Å². The van der Waals surface area contributed by atoms with E-state index in [1.54, 1.807) is 0 Å². The van der Waals surface area contributed by atoms with Crippen LogP contribution in [-0.2, 0) is 44.2 Å². The first-order valence-electron chi connectivity index (χ1n) is 13.7. The van der Waals surface area contributed by atoms with Crippen LogP contribution >= 0.6 is 15.0 Å². The van der Waals surface area contributed by atoms with Crippen molar-refractivity contribution < 1.29 is 51.6 Å². The number of nitrogens with two attached hydrogens (primary N) is 2. The summed E-state index contributed by atoms with van der Waals surface area (Å²) in [5.41, 5.74) is 8.03. The van der Waals surface area contributed by atoms with Gasteiger partial charge in [-0.1, -0.05) is 0 Å². The van der Waals surface area contributed by atoms with Crippen molar-refractivity contribution in [2.75, 3.05) is 38.0 Å². The molecular weight excluding hydrogens is 693 g/mol. The molecule has 254 valence electrons. The predicted molar refractivity (Wildman–Crippen MR) is 159 cm³/mol. The highest BCUT2D eigenvalue weighted by Gasteiger charge is 2.64. The molecule has 21 nitrogen and oxygen atoms in total. The van der Waals surface area contributed by atoms with Gasteiger partial charge in [0.1, 0.15) is 48.0 Å². The summed E-state index contributed by atoms with van der Waals surface area (Å²) in [4.78, 5) is 56.0. The minimum absolute atomic E-state index is 0.0405. The summed E-state index contributed by atoms with van der Waals surface area (Å²) < 4.78 is 63.7. The Balaban J connectivity index is 1.15. The number of aromatic nitrogens is 8. The molecule has 8 N–H and O–H groups in total. The van der Waals surface area contributed by atoms with Gasteiger partial charge < -0.3 is 54.1 Å². The highest BCUT2D eigenvalue weighted by Crippen LogP contribution is 2.55. The van der Waals surface area contributed by atoms with Gasteiger partial charge in [-0.3, -0.25) is 23.5 Å². The van der Waals surface area contributed by atoms with Crippen LogP contribution in [0.3, 0.4) is 0 Å². The number of ether oxygens (including phenoxy) is 3. The van der Waals surface area contributed by atoms with E-state index in [9.17, 15) is 28.6 Å². The lowest BCUT2D eigenvalue weighted by molar-refractivity contribution is -0.183. The van der Waals surface area contributed by atoms with E-state index in [1.165, 1.54) is 28.1 Å². The quantitative estimate of drug-likeness (QED) is 0.0991. The lowest BCUT2D eigenvalue weighted by Crippen LogP contribution is -2.45. The second kappa shape index (κ2) is 11.8.